The lowest BCUT2D eigenvalue weighted by atomic mass is 10.3. The first kappa shape index (κ1) is 14.9. The van der Waals surface area contributed by atoms with Crippen molar-refractivity contribution in [2.75, 3.05) is 0 Å². The number of nitrogens with one attached hydrogen (secondary N) is 1. The minimum atomic E-state index is -0.993. The summed E-state index contributed by atoms with van der Waals surface area (Å²) in [4.78, 5) is 26.0. The maximum Gasteiger partial charge on any atom is 0.519 e. The van der Waals surface area contributed by atoms with Gasteiger partial charge in [0, 0.05) is 17.4 Å². The van der Waals surface area contributed by atoms with Crippen molar-refractivity contribution in [3.8, 4) is 17.2 Å². The zero-order valence-corrected chi connectivity index (χ0v) is 11.0. The molecule has 1 N–H and O–H groups in total. The lowest BCUT2D eigenvalue weighted by Gasteiger charge is -2.05. The number of rotatable bonds is 5. The third kappa shape index (κ3) is 4.00. The summed E-state index contributed by atoms with van der Waals surface area (Å²) in [6.07, 6.45) is -0.993. The lowest BCUT2D eigenvalue weighted by molar-refractivity contribution is -0.384. The van der Waals surface area contributed by atoms with Crippen LogP contribution >= 0.6 is 0 Å². The maximum atomic E-state index is 11.6. The molecule has 0 saturated heterocycles. The van der Waals surface area contributed by atoms with Crippen LogP contribution in [0.25, 0.3) is 0 Å². The number of carbonyl (C=O) groups excluding carboxylic acids is 1. The summed E-state index contributed by atoms with van der Waals surface area (Å²) < 4.78 is 9.77. The molecule has 9 heteroatoms. The van der Waals surface area contributed by atoms with Crippen molar-refractivity contribution in [1.82, 2.24) is 0 Å². The molecular formula is C13H9N3O6. The standard InChI is InChI=1S/C13H9N3O6/c14-15-22-12-7-5-11(6-8-12)21-13(17)20-10-3-1-9(2-4-10)16(18)19/h1-8,14H. The van der Waals surface area contributed by atoms with Crippen molar-refractivity contribution in [1.29, 1.82) is 5.53 Å². The second-order valence-corrected chi connectivity index (χ2v) is 3.86. The van der Waals surface area contributed by atoms with Crippen LogP contribution in [0.4, 0.5) is 10.5 Å². The molecule has 0 saturated carbocycles. The predicted octanol–water partition coefficient (Wildman–Crippen LogP) is 3.50. The first-order valence-corrected chi connectivity index (χ1v) is 5.86. The van der Waals surface area contributed by atoms with E-state index in [1.54, 1.807) is 0 Å². The molecule has 0 bridgehead atoms. The van der Waals surface area contributed by atoms with Crippen LogP contribution in [0.3, 0.4) is 0 Å². The van der Waals surface area contributed by atoms with Gasteiger partial charge in [-0.3, -0.25) is 10.1 Å². The minimum absolute atomic E-state index is 0.114. The van der Waals surface area contributed by atoms with Gasteiger partial charge in [0.15, 0.2) is 5.75 Å². The summed E-state index contributed by atoms with van der Waals surface area (Å²) in [5.41, 5.74) is 6.41. The molecule has 0 spiro atoms. The van der Waals surface area contributed by atoms with Crippen molar-refractivity contribution in [2.24, 2.45) is 5.28 Å². The first-order chi connectivity index (χ1) is 10.6. The van der Waals surface area contributed by atoms with Crippen LogP contribution in [-0.2, 0) is 0 Å². The van der Waals surface area contributed by atoms with E-state index in [1.165, 1.54) is 48.5 Å². The van der Waals surface area contributed by atoms with Crippen molar-refractivity contribution in [2.45, 2.75) is 0 Å². The molecule has 112 valence electrons. The number of hydrogen-bond acceptors (Lipinski definition) is 8. The van der Waals surface area contributed by atoms with Crippen molar-refractivity contribution < 1.29 is 24.0 Å². The van der Waals surface area contributed by atoms with Gasteiger partial charge < -0.3 is 14.3 Å². The topological polar surface area (TPSA) is 124 Å². The van der Waals surface area contributed by atoms with Gasteiger partial charge in [-0.1, -0.05) is 0 Å². The molecular weight excluding hydrogens is 294 g/mol. The SMILES string of the molecule is N=NOc1ccc(OC(=O)Oc2ccc([N+](=O)[O-])cc2)cc1. The van der Waals surface area contributed by atoms with E-state index >= 15 is 0 Å². The summed E-state index contributed by atoms with van der Waals surface area (Å²) >= 11 is 0. The molecule has 22 heavy (non-hydrogen) atoms. The number of nitro benzene ring substituents is 1. The monoisotopic (exact) mass is 303 g/mol. The van der Waals surface area contributed by atoms with Crippen LogP contribution < -0.4 is 14.3 Å². The summed E-state index contributed by atoms with van der Waals surface area (Å²) in [7, 11) is 0. The largest absolute Gasteiger partial charge is 0.519 e. The van der Waals surface area contributed by atoms with Gasteiger partial charge >= 0.3 is 6.16 Å². The molecule has 9 nitrogen and oxygen atoms in total. The molecule has 0 aliphatic rings. The number of nitro groups is 1. The Balaban J connectivity index is 1.94. The highest BCUT2D eigenvalue weighted by Gasteiger charge is 2.10. The fourth-order valence-electron chi connectivity index (χ4n) is 1.47. The number of nitrogens with zero attached hydrogens (tertiary/aromatic N) is 2. The minimum Gasteiger partial charge on any atom is -0.395 e. The zero-order valence-electron chi connectivity index (χ0n) is 11.0. The van der Waals surface area contributed by atoms with Gasteiger partial charge in [0.05, 0.1) is 4.92 Å². The molecule has 0 amide bonds. The molecule has 0 heterocycles. The number of carbonyl (C=O) groups is 1. The zero-order chi connectivity index (χ0) is 15.9. The van der Waals surface area contributed by atoms with E-state index in [2.05, 4.69) is 10.1 Å². The Labute approximate surface area is 123 Å². The van der Waals surface area contributed by atoms with Gasteiger partial charge in [-0.2, -0.15) is 5.53 Å². The van der Waals surface area contributed by atoms with Gasteiger partial charge in [0.25, 0.3) is 5.69 Å². The maximum absolute atomic E-state index is 11.6. The third-order valence-electron chi connectivity index (χ3n) is 2.42. The fourth-order valence-corrected chi connectivity index (χ4v) is 1.47. The summed E-state index contributed by atoms with van der Waals surface area (Å²) in [6, 6.07) is 10.7. The second-order valence-electron chi connectivity index (χ2n) is 3.86. The molecule has 0 aliphatic carbocycles. The highest BCUT2D eigenvalue weighted by atomic mass is 16.7. The lowest BCUT2D eigenvalue weighted by Crippen LogP contribution is -2.13. The fraction of sp³-hybridized carbons (Fsp3) is 0. The molecule has 0 aromatic heterocycles. The Morgan fingerprint density at radius 2 is 1.41 bits per heavy atom. The molecule has 0 fully saturated rings. The molecule has 2 aromatic carbocycles. The van der Waals surface area contributed by atoms with Crippen LogP contribution in [0.2, 0.25) is 0 Å². The van der Waals surface area contributed by atoms with E-state index in [9.17, 15) is 14.9 Å². The van der Waals surface area contributed by atoms with Gasteiger partial charge in [-0.25, -0.2) is 4.79 Å². The highest BCUT2D eigenvalue weighted by Crippen LogP contribution is 2.20. The Morgan fingerprint density at radius 3 is 1.86 bits per heavy atom. The Kier molecular flexibility index (Phi) is 4.60. The average Bonchev–Trinajstić information content (AvgIpc) is 2.50. The van der Waals surface area contributed by atoms with E-state index < -0.39 is 11.1 Å². The molecule has 2 aromatic rings. The highest BCUT2D eigenvalue weighted by molar-refractivity contribution is 5.67. The first-order valence-electron chi connectivity index (χ1n) is 5.86. The van der Waals surface area contributed by atoms with E-state index in [0.717, 1.165) is 0 Å². The Bertz CT molecular complexity index is 684. The van der Waals surface area contributed by atoms with Crippen LogP contribution in [0.1, 0.15) is 0 Å². The number of non-ortho nitro benzene ring substituents is 1. The molecule has 2 rings (SSSR count). The Hall–Kier alpha value is -3.49. The molecule has 0 aliphatic heterocycles. The Morgan fingerprint density at radius 1 is 0.955 bits per heavy atom. The third-order valence-corrected chi connectivity index (χ3v) is 2.42. The van der Waals surface area contributed by atoms with Crippen LogP contribution in [0.5, 0.6) is 17.2 Å². The quantitative estimate of drug-likeness (QED) is 0.296. The second kappa shape index (κ2) is 6.79. The van der Waals surface area contributed by atoms with Gasteiger partial charge in [0.2, 0.25) is 0 Å². The summed E-state index contributed by atoms with van der Waals surface area (Å²) in [6.45, 7) is 0. The molecule has 0 atom stereocenters. The summed E-state index contributed by atoms with van der Waals surface area (Å²) in [5.74, 6) is 0.624. The molecule has 0 radical (unpaired) electrons. The van der Waals surface area contributed by atoms with E-state index in [4.69, 9.17) is 15.0 Å². The van der Waals surface area contributed by atoms with E-state index in [-0.39, 0.29) is 17.2 Å². The predicted molar refractivity (Wildman–Crippen MR) is 72.0 cm³/mol. The van der Waals surface area contributed by atoms with Crippen LogP contribution in [0.15, 0.2) is 53.8 Å². The van der Waals surface area contributed by atoms with E-state index in [0.29, 0.717) is 5.75 Å². The van der Waals surface area contributed by atoms with Crippen LogP contribution in [-0.4, -0.2) is 11.1 Å². The van der Waals surface area contributed by atoms with Gasteiger partial charge in [0.1, 0.15) is 11.5 Å². The number of ether oxygens (including phenoxy) is 2. The van der Waals surface area contributed by atoms with Gasteiger partial charge in [-0.05, 0) is 36.4 Å². The number of benzene rings is 2. The van der Waals surface area contributed by atoms with Crippen molar-refractivity contribution in [3.05, 3.63) is 58.6 Å². The van der Waals surface area contributed by atoms with E-state index in [1.807, 2.05) is 0 Å². The molecule has 0 unspecified atom stereocenters. The summed E-state index contributed by atoms with van der Waals surface area (Å²) in [5, 5.41) is 13.2. The number of hydrogen-bond donors (Lipinski definition) is 1. The average molecular weight is 303 g/mol. The smallest absolute Gasteiger partial charge is 0.395 e. The van der Waals surface area contributed by atoms with Crippen molar-refractivity contribution >= 4 is 11.8 Å². The van der Waals surface area contributed by atoms with Crippen molar-refractivity contribution in [3.63, 3.8) is 0 Å². The van der Waals surface area contributed by atoms with Crippen LogP contribution in [0, 0.1) is 15.6 Å². The normalized spacial score (nSPS) is 9.64. The van der Waals surface area contributed by atoms with Gasteiger partial charge in [-0.15, -0.1) is 0 Å².